The van der Waals surface area contributed by atoms with Crippen molar-refractivity contribution in [2.24, 2.45) is 0 Å². The highest BCUT2D eigenvalue weighted by Gasteiger charge is 2.08. The Morgan fingerprint density at radius 1 is 1.54 bits per heavy atom. The second-order valence-corrected chi connectivity index (χ2v) is 4.07. The Hall–Kier alpha value is -1.12. The third-order valence-electron chi connectivity index (χ3n) is 1.53. The highest BCUT2D eigenvalue weighted by molar-refractivity contribution is 9.10. The third kappa shape index (κ3) is 1.28. The summed E-state index contributed by atoms with van der Waals surface area (Å²) in [7, 11) is 0. The molecule has 3 nitrogen and oxygen atoms in total. The monoisotopic (exact) mass is 253 g/mol. The number of nitrogen functional groups attached to an aromatic ring is 1. The van der Waals surface area contributed by atoms with Gasteiger partial charge in [0, 0.05) is 5.38 Å². The average Bonchev–Trinajstić information content (AvgIpc) is 2.47. The van der Waals surface area contributed by atoms with Crippen molar-refractivity contribution < 1.29 is 0 Å². The lowest BCUT2D eigenvalue weighted by Crippen LogP contribution is -1.96. The van der Waals surface area contributed by atoms with Crippen LogP contribution in [0.2, 0.25) is 0 Å². The molecule has 0 aliphatic rings. The summed E-state index contributed by atoms with van der Waals surface area (Å²) in [4.78, 5) is 8.03. The molecule has 2 aromatic heterocycles. The number of thiophene rings is 1. The molecule has 5 heteroatoms. The highest BCUT2D eigenvalue weighted by atomic mass is 79.9. The molecule has 13 heavy (non-hydrogen) atoms. The molecule has 0 aliphatic carbocycles. The maximum atomic E-state index is 5.49. The first kappa shape index (κ1) is 8.48. The molecule has 2 aromatic rings. The van der Waals surface area contributed by atoms with Gasteiger partial charge in [-0.25, -0.2) is 9.97 Å². The van der Waals surface area contributed by atoms with Crippen LogP contribution in [0.5, 0.6) is 0 Å². The van der Waals surface area contributed by atoms with Crippen LogP contribution in [0, 0.1) is 12.3 Å². The molecule has 0 radical (unpaired) electrons. The molecule has 0 saturated heterocycles. The predicted molar refractivity (Wildman–Crippen MR) is 57.5 cm³/mol. The van der Waals surface area contributed by atoms with Crippen molar-refractivity contribution in [1.29, 1.82) is 0 Å². The molecule has 0 aliphatic heterocycles. The minimum Gasteiger partial charge on any atom is -0.368 e. The molecule has 0 spiro atoms. The van der Waals surface area contributed by atoms with Crippen LogP contribution in [-0.2, 0) is 0 Å². The molecule has 2 heterocycles. The first-order valence-electron chi connectivity index (χ1n) is 3.39. The first-order valence-corrected chi connectivity index (χ1v) is 5.06. The summed E-state index contributed by atoms with van der Waals surface area (Å²) in [6.07, 6.45) is 5.29. The van der Waals surface area contributed by atoms with E-state index in [2.05, 4.69) is 31.8 Å². The molecule has 0 unspecified atom stereocenters. The van der Waals surface area contributed by atoms with Crippen LogP contribution in [0.1, 0.15) is 5.69 Å². The van der Waals surface area contributed by atoms with Crippen molar-refractivity contribution in [3.8, 4) is 12.3 Å². The normalized spacial score (nSPS) is 10.2. The minimum absolute atomic E-state index is 0.208. The van der Waals surface area contributed by atoms with Crippen LogP contribution in [0.4, 0.5) is 5.95 Å². The second-order valence-electron chi connectivity index (χ2n) is 2.34. The van der Waals surface area contributed by atoms with E-state index in [1.807, 2.05) is 5.38 Å². The number of nitrogens with zero attached hydrogens (tertiary/aromatic N) is 2. The number of aromatic nitrogens is 2. The van der Waals surface area contributed by atoms with E-state index in [0.29, 0.717) is 5.69 Å². The Morgan fingerprint density at radius 2 is 2.31 bits per heavy atom. The maximum Gasteiger partial charge on any atom is 0.221 e. The van der Waals surface area contributed by atoms with Gasteiger partial charge in [0.15, 0.2) is 0 Å². The van der Waals surface area contributed by atoms with E-state index >= 15 is 0 Å². The maximum absolute atomic E-state index is 5.49. The summed E-state index contributed by atoms with van der Waals surface area (Å²) in [5.41, 5.74) is 6.83. The molecule has 0 atom stereocenters. The molecule has 0 bridgehead atoms. The lowest BCUT2D eigenvalue weighted by molar-refractivity contribution is 1.22. The molecular weight excluding hydrogens is 250 g/mol. The summed E-state index contributed by atoms with van der Waals surface area (Å²) < 4.78 is 1.79. The lowest BCUT2D eigenvalue weighted by atomic mass is 10.3. The van der Waals surface area contributed by atoms with Gasteiger partial charge in [-0.05, 0) is 21.9 Å². The molecule has 0 aromatic carbocycles. The van der Waals surface area contributed by atoms with Crippen molar-refractivity contribution in [1.82, 2.24) is 9.97 Å². The van der Waals surface area contributed by atoms with Crippen LogP contribution < -0.4 is 5.73 Å². The van der Waals surface area contributed by atoms with Gasteiger partial charge in [0.1, 0.15) is 11.2 Å². The standard InChI is InChI=1S/C8H4BrN3S/c1-2-5-7-6(4(9)3-13-7)12-8(10)11-5/h1,3H,(H2,10,11,12). The number of hydrogen-bond donors (Lipinski definition) is 1. The van der Waals surface area contributed by atoms with Crippen LogP contribution in [0.3, 0.4) is 0 Å². The smallest absolute Gasteiger partial charge is 0.221 e. The van der Waals surface area contributed by atoms with Gasteiger partial charge >= 0.3 is 0 Å². The zero-order valence-electron chi connectivity index (χ0n) is 6.41. The van der Waals surface area contributed by atoms with E-state index in [9.17, 15) is 0 Å². The van der Waals surface area contributed by atoms with E-state index in [0.717, 1.165) is 14.7 Å². The molecular formula is C8H4BrN3S. The summed E-state index contributed by atoms with van der Waals surface area (Å²) in [6, 6.07) is 0. The summed E-state index contributed by atoms with van der Waals surface area (Å²) in [5.74, 6) is 2.69. The van der Waals surface area contributed by atoms with Crippen molar-refractivity contribution in [2.45, 2.75) is 0 Å². The average molecular weight is 254 g/mol. The largest absolute Gasteiger partial charge is 0.368 e. The fraction of sp³-hybridized carbons (Fsp3) is 0. The molecule has 0 amide bonds. The van der Waals surface area contributed by atoms with Crippen LogP contribution >= 0.6 is 27.3 Å². The van der Waals surface area contributed by atoms with Crippen LogP contribution in [0.25, 0.3) is 10.2 Å². The first-order chi connectivity index (χ1) is 6.22. The molecule has 0 fully saturated rings. The topological polar surface area (TPSA) is 51.8 Å². The van der Waals surface area contributed by atoms with Crippen LogP contribution in [-0.4, -0.2) is 9.97 Å². The predicted octanol–water partition coefficient (Wildman–Crippen LogP) is 2.02. The second kappa shape index (κ2) is 2.98. The Labute approximate surface area is 87.1 Å². The molecule has 2 N–H and O–H groups in total. The number of rotatable bonds is 0. The van der Waals surface area contributed by atoms with Gasteiger partial charge in [-0.3, -0.25) is 0 Å². The summed E-state index contributed by atoms with van der Waals surface area (Å²) in [5, 5.41) is 1.92. The van der Waals surface area contributed by atoms with E-state index in [-0.39, 0.29) is 5.95 Å². The summed E-state index contributed by atoms with van der Waals surface area (Å²) >= 11 is 4.86. The Kier molecular flexibility index (Phi) is 1.94. The number of nitrogens with two attached hydrogens (primary N) is 1. The van der Waals surface area contributed by atoms with Gasteiger partial charge in [-0.2, -0.15) is 0 Å². The van der Waals surface area contributed by atoms with Gasteiger partial charge < -0.3 is 5.73 Å². The summed E-state index contributed by atoms with van der Waals surface area (Å²) in [6.45, 7) is 0. The number of fused-ring (bicyclic) bond motifs is 1. The minimum atomic E-state index is 0.208. The van der Waals surface area contributed by atoms with Crippen molar-refractivity contribution in [2.75, 3.05) is 5.73 Å². The van der Waals surface area contributed by atoms with Gasteiger partial charge in [0.05, 0.1) is 9.17 Å². The zero-order valence-corrected chi connectivity index (χ0v) is 8.82. The van der Waals surface area contributed by atoms with E-state index in [1.165, 1.54) is 11.3 Å². The van der Waals surface area contributed by atoms with Crippen molar-refractivity contribution in [3.63, 3.8) is 0 Å². The number of terminal acetylenes is 1. The fourth-order valence-corrected chi connectivity index (χ4v) is 2.52. The molecule has 0 saturated carbocycles. The quantitative estimate of drug-likeness (QED) is 0.732. The molecule has 2 rings (SSSR count). The number of anilines is 1. The lowest BCUT2D eigenvalue weighted by Gasteiger charge is -1.95. The van der Waals surface area contributed by atoms with E-state index in [1.54, 1.807) is 0 Å². The van der Waals surface area contributed by atoms with Gasteiger partial charge in [0.2, 0.25) is 5.95 Å². The fourth-order valence-electron chi connectivity index (χ4n) is 1.01. The zero-order chi connectivity index (χ0) is 9.42. The Morgan fingerprint density at radius 3 is 3.00 bits per heavy atom. The van der Waals surface area contributed by atoms with Gasteiger partial charge in [-0.1, -0.05) is 0 Å². The third-order valence-corrected chi connectivity index (χ3v) is 3.41. The van der Waals surface area contributed by atoms with Gasteiger partial charge in [-0.15, -0.1) is 17.8 Å². The SMILES string of the molecule is C#Cc1nc(N)nc2c(Br)csc12. The molecule has 64 valence electrons. The Bertz CT molecular complexity index is 512. The Balaban J connectivity index is 2.94. The van der Waals surface area contributed by atoms with Crippen molar-refractivity contribution >= 4 is 43.4 Å². The number of hydrogen-bond acceptors (Lipinski definition) is 4. The van der Waals surface area contributed by atoms with E-state index < -0.39 is 0 Å². The van der Waals surface area contributed by atoms with E-state index in [4.69, 9.17) is 12.2 Å². The van der Waals surface area contributed by atoms with Crippen LogP contribution in [0.15, 0.2) is 9.85 Å². The highest BCUT2D eigenvalue weighted by Crippen LogP contribution is 2.30. The van der Waals surface area contributed by atoms with Crippen molar-refractivity contribution in [3.05, 3.63) is 15.5 Å². The van der Waals surface area contributed by atoms with Gasteiger partial charge in [0.25, 0.3) is 0 Å². The number of halogens is 1.